The maximum atomic E-state index is 12.9. The normalized spacial score (nSPS) is 19.1. The summed E-state index contributed by atoms with van der Waals surface area (Å²) in [6.45, 7) is 0. The Morgan fingerprint density at radius 1 is 0.923 bits per heavy atom. The van der Waals surface area contributed by atoms with Crippen molar-refractivity contribution in [3.05, 3.63) is 77.4 Å². The quantitative estimate of drug-likeness (QED) is 0.638. The zero-order valence-electron chi connectivity index (χ0n) is 14.3. The molecule has 1 aliphatic heterocycles. The van der Waals surface area contributed by atoms with Crippen LogP contribution in [0, 0.1) is 0 Å². The van der Waals surface area contributed by atoms with Gasteiger partial charge in [0.15, 0.2) is 5.78 Å². The van der Waals surface area contributed by atoms with E-state index in [1.54, 1.807) is 12.1 Å². The van der Waals surface area contributed by atoms with E-state index < -0.39 is 0 Å². The molecule has 0 saturated carbocycles. The minimum atomic E-state index is -0.160. The van der Waals surface area contributed by atoms with Crippen LogP contribution in [0.1, 0.15) is 36.4 Å². The topological polar surface area (TPSA) is 49.3 Å². The second-order valence-electron chi connectivity index (χ2n) is 7.05. The molecule has 1 heterocycles. The molecular weight excluding hydrogens is 322 g/mol. The first kappa shape index (κ1) is 15.2. The molecule has 1 aliphatic carbocycles. The van der Waals surface area contributed by atoms with Crippen molar-refractivity contribution in [2.45, 2.75) is 25.3 Å². The van der Waals surface area contributed by atoms with Crippen LogP contribution < -0.4 is 5.32 Å². The Balaban J connectivity index is 1.78. The predicted octanol–water partition coefficient (Wildman–Crippen LogP) is 5.22. The smallest absolute Gasteiger partial charge is 0.161 e. The van der Waals surface area contributed by atoms with Gasteiger partial charge in [-0.2, -0.15) is 0 Å². The van der Waals surface area contributed by atoms with Crippen LogP contribution in [0.25, 0.3) is 16.3 Å². The number of hydrogen-bond donors (Lipinski definition) is 2. The molecule has 0 saturated heterocycles. The highest BCUT2D eigenvalue weighted by atomic mass is 16.3. The minimum absolute atomic E-state index is 0.160. The largest absolute Gasteiger partial charge is 0.508 e. The molecular formula is C23H19NO2. The van der Waals surface area contributed by atoms with Gasteiger partial charge < -0.3 is 10.4 Å². The van der Waals surface area contributed by atoms with Crippen molar-refractivity contribution in [3.8, 4) is 5.75 Å². The lowest BCUT2D eigenvalue weighted by molar-refractivity contribution is -0.116. The summed E-state index contributed by atoms with van der Waals surface area (Å²) in [4.78, 5) is 12.9. The summed E-state index contributed by atoms with van der Waals surface area (Å²) >= 11 is 0. The molecule has 2 N–H and O–H groups in total. The zero-order chi connectivity index (χ0) is 17.7. The maximum Gasteiger partial charge on any atom is 0.161 e. The van der Waals surface area contributed by atoms with Crippen molar-refractivity contribution < 1.29 is 9.90 Å². The molecule has 128 valence electrons. The summed E-state index contributed by atoms with van der Waals surface area (Å²) in [5, 5.41) is 15.6. The van der Waals surface area contributed by atoms with E-state index in [0.717, 1.165) is 29.7 Å². The van der Waals surface area contributed by atoms with Crippen molar-refractivity contribution in [2.75, 3.05) is 5.32 Å². The molecule has 0 amide bonds. The van der Waals surface area contributed by atoms with Crippen LogP contribution in [-0.4, -0.2) is 10.9 Å². The van der Waals surface area contributed by atoms with E-state index in [9.17, 15) is 9.90 Å². The Morgan fingerprint density at radius 3 is 2.58 bits per heavy atom. The Morgan fingerprint density at radius 2 is 1.73 bits per heavy atom. The lowest BCUT2D eigenvalue weighted by Gasteiger charge is -2.35. The van der Waals surface area contributed by atoms with Crippen LogP contribution in [0.4, 0.5) is 5.69 Å². The predicted molar refractivity (Wildman–Crippen MR) is 104 cm³/mol. The molecule has 3 aromatic rings. The standard InChI is InChI=1S/C23H19NO2/c25-16-11-8-15(9-12-16)23-22-18(6-3-7-20(22)26)21-17-5-2-1-4-14(17)10-13-19(21)24-23/h1-2,4-5,8-13,23-25H,3,6-7H2/t23-/m1/s1. The number of fused-ring (bicyclic) bond motifs is 4. The Bertz CT molecular complexity index is 1060. The van der Waals surface area contributed by atoms with Crippen LogP contribution in [0.5, 0.6) is 5.75 Å². The summed E-state index contributed by atoms with van der Waals surface area (Å²) in [5.41, 5.74) is 5.34. The van der Waals surface area contributed by atoms with Gasteiger partial charge in [-0.1, -0.05) is 42.5 Å². The Hall–Kier alpha value is -3.07. The van der Waals surface area contributed by atoms with Crippen molar-refractivity contribution in [3.63, 3.8) is 0 Å². The van der Waals surface area contributed by atoms with Crippen LogP contribution in [0.15, 0.2) is 66.2 Å². The van der Waals surface area contributed by atoms with Crippen LogP contribution >= 0.6 is 0 Å². The Labute approximate surface area is 152 Å². The first-order chi connectivity index (χ1) is 12.7. The fourth-order valence-corrected chi connectivity index (χ4v) is 4.32. The molecule has 0 aromatic heterocycles. The molecule has 5 rings (SSSR count). The first-order valence-electron chi connectivity index (χ1n) is 9.06. The van der Waals surface area contributed by atoms with E-state index >= 15 is 0 Å². The number of ketones is 1. The average Bonchev–Trinajstić information content (AvgIpc) is 2.68. The van der Waals surface area contributed by atoms with E-state index in [1.807, 2.05) is 18.2 Å². The highest BCUT2D eigenvalue weighted by Gasteiger charge is 2.34. The van der Waals surface area contributed by atoms with Crippen molar-refractivity contribution in [1.29, 1.82) is 0 Å². The van der Waals surface area contributed by atoms with Gasteiger partial charge >= 0.3 is 0 Å². The highest BCUT2D eigenvalue weighted by molar-refractivity contribution is 6.12. The number of aromatic hydroxyl groups is 1. The van der Waals surface area contributed by atoms with Gasteiger partial charge in [0.05, 0.1) is 6.04 Å². The molecule has 0 unspecified atom stereocenters. The third-order valence-electron chi connectivity index (χ3n) is 5.50. The number of allylic oxidation sites excluding steroid dienone is 1. The fourth-order valence-electron chi connectivity index (χ4n) is 4.32. The van der Waals surface area contributed by atoms with Gasteiger partial charge in [-0.15, -0.1) is 0 Å². The molecule has 3 heteroatoms. The van der Waals surface area contributed by atoms with E-state index in [4.69, 9.17) is 0 Å². The van der Waals surface area contributed by atoms with Crippen LogP contribution in [0.2, 0.25) is 0 Å². The third-order valence-corrected chi connectivity index (χ3v) is 5.50. The molecule has 0 radical (unpaired) electrons. The van der Waals surface area contributed by atoms with E-state index in [2.05, 4.69) is 35.6 Å². The minimum Gasteiger partial charge on any atom is -0.508 e. The number of phenols is 1. The lowest BCUT2D eigenvalue weighted by atomic mass is 9.77. The Kier molecular flexibility index (Phi) is 3.35. The van der Waals surface area contributed by atoms with E-state index in [1.165, 1.54) is 21.9 Å². The van der Waals surface area contributed by atoms with Gasteiger partial charge in [0.25, 0.3) is 0 Å². The number of Topliss-reactive ketones (excluding diaryl/α,β-unsaturated/α-hetero) is 1. The summed E-state index contributed by atoms with van der Waals surface area (Å²) in [7, 11) is 0. The van der Waals surface area contributed by atoms with Crippen LogP contribution in [0.3, 0.4) is 0 Å². The van der Waals surface area contributed by atoms with Crippen LogP contribution in [-0.2, 0) is 4.79 Å². The fraction of sp³-hybridized carbons (Fsp3) is 0.174. The van der Waals surface area contributed by atoms with Gasteiger partial charge in [-0.3, -0.25) is 4.79 Å². The summed E-state index contributed by atoms with van der Waals surface area (Å²) < 4.78 is 0. The third kappa shape index (κ3) is 2.24. The molecule has 1 atom stereocenters. The van der Waals surface area contributed by atoms with Gasteiger partial charge in [-0.25, -0.2) is 0 Å². The zero-order valence-corrected chi connectivity index (χ0v) is 14.3. The van der Waals surface area contributed by atoms with Gasteiger partial charge in [0.1, 0.15) is 5.75 Å². The molecule has 3 aromatic carbocycles. The number of anilines is 1. The average molecular weight is 341 g/mol. The summed E-state index contributed by atoms with van der Waals surface area (Å²) in [6.07, 6.45) is 2.44. The lowest BCUT2D eigenvalue weighted by Crippen LogP contribution is -2.27. The van der Waals surface area contributed by atoms with Gasteiger partial charge in [0, 0.05) is 23.2 Å². The van der Waals surface area contributed by atoms with E-state index in [0.29, 0.717) is 6.42 Å². The van der Waals surface area contributed by atoms with Gasteiger partial charge in [0.2, 0.25) is 0 Å². The van der Waals surface area contributed by atoms with Gasteiger partial charge in [-0.05, 0) is 52.9 Å². The number of hydrogen-bond acceptors (Lipinski definition) is 3. The van der Waals surface area contributed by atoms with Crippen molar-refractivity contribution in [2.24, 2.45) is 0 Å². The number of rotatable bonds is 1. The molecule has 3 nitrogen and oxygen atoms in total. The number of phenolic OH excluding ortho intramolecular Hbond substituents is 1. The summed E-state index contributed by atoms with van der Waals surface area (Å²) in [5.74, 6) is 0.468. The monoisotopic (exact) mass is 341 g/mol. The molecule has 0 fully saturated rings. The molecule has 26 heavy (non-hydrogen) atoms. The summed E-state index contributed by atoms with van der Waals surface area (Å²) in [6, 6.07) is 19.6. The molecule has 0 bridgehead atoms. The van der Waals surface area contributed by atoms with E-state index in [-0.39, 0.29) is 17.6 Å². The number of carbonyl (C=O) groups is 1. The highest BCUT2D eigenvalue weighted by Crippen LogP contribution is 2.47. The second kappa shape index (κ2) is 5.73. The molecule has 2 aliphatic rings. The second-order valence-corrected chi connectivity index (χ2v) is 7.05. The maximum absolute atomic E-state index is 12.9. The number of nitrogens with one attached hydrogen (secondary N) is 1. The number of benzene rings is 3. The number of carbonyl (C=O) groups excluding carboxylic acids is 1. The first-order valence-corrected chi connectivity index (χ1v) is 9.06. The molecule has 0 spiro atoms. The van der Waals surface area contributed by atoms with Crippen molar-refractivity contribution >= 4 is 27.8 Å². The van der Waals surface area contributed by atoms with Crippen molar-refractivity contribution in [1.82, 2.24) is 0 Å². The SMILES string of the molecule is O=C1CCCC2=C1[C@@H](c1ccc(O)cc1)Nc1ccc3ccccc3c12.